The lowest BCUT2D eigenvalue weighted by Crippen LogP contribution is -2.40. The molecule has 2 nitrogen and oxygen atoms in total. The van der Waals surface area contributed by atoms with Crippen LogP contribution in [0.4, 0.5) is 5.00 Å². The molecule has 1 atom stereocenters. The summed E-state index contributed by atoms with van der Waals surface area (Å²) in [6, 6.07) is 4.27. The summed E-state index contributed by atoms with van der Waals surface area (Å²) < 4.78 is 5.47. The summed E-state index contributed by atoms with van der Waals surface area (Å²) in [6.45, 7) is 5.05. The Bertz CT molecular complexity index is 235. The van der Waals surface area contributed by atoms with E-state index in [1.54, 1.807) is 11.3 Å². The SMILES string of the molecule is CC1CN(c2cccs2)CCO1. The van der Waals surface area contributed by atoms with Crippen LogP contribution >= 0.6 is 11.3 Å². The fourth-order valence-corrected chi connectivity index (χ4v) is 2.24. The Balaban J connectivity index is 2.04. The Labute approximate surface area is 76.8 Å². The maximum Gasteiger partial charge on any atom is 0.0910 e. The molecule has 0 aliphatic carbocycles. The second-order valence-electron chi connectivity index (χ2n) is 3.08. The van der Waals surface area contributed by atoms with Crippen LogP contribution in [-0.4, -0.2) is 25.8 Å². The van der Waals surface area contributed by atoms with E-state index in [0.717, 1.165) is 19.7 Å². The molecule has 1 saturated heterocycles. The maximum atomic E-state index is 5.47. The molecule has 0 spiro atoms. The Morgan fingerprint density at radius 2 is 2.58 bits per heavy atom. The van der Waals surface area contributed by atoms with Gasteiger partial charge < -0.3 is 9.64 Å². The fourth-order valence-electron chi connectivity index (χ4n) is 1.47. The van der Waals surface area contributed by atoms with Crippen LogP contribution in [0.25, 0.3) is 0 Å². The number of ether oxygens (including phenoxy) is 1. The number of rotatable bonds is 1. The van der Waals surface area contributed by atoms with Gasteiger partial charge in [-0.1, -0.05) is 0 Å². The first-order chi connectivity index (χ1) is 5.86. The molecule has 1 unspecified atom stereocenters. The molecule has 0 saturated carbocycles. The van der Waals surface area contributed by atoms with Gasteiger partial charge in [0.05, 0.1) is 17.7 Å². The lowest BCUT2D eigenvalue weighted by molar-refractivity contribution is 0.0534. The fraction of sp³-hybridized carbons (Fsp3) is 0.556. The van der Waals surface area contributed by atoms with Crippen LogP contribution in [-0.2, 0) is 4.74 Å². The first kappa shape index (κ1) is 8.08. The van der Waals surface area contributed by atoms with Crippen molar-refractivity contribution in [2.24, 2.45) is 0 Å². The van der Waals surface area contributed by atoms with E-state index in [2.05, 4.69) is 29.3 Å². The van der Waals surface area contributed by atoms with E-state index in [4.69, 9.17) is 4.74 Å². The normalized spacial score (nSPS) is 24.4. The second kappa shape index (κ2) is 3.46. The van der Waals surface area contributed by atoms with Gasteiger partial charge in [0.2, 0.25) is 0 Å². The van der Waals surface area contributed by atoms with Crippen LogP contribution in [0.5, 0.6) is 0 Å². The van der Waals surface area contributed by atoms with Crippen molar-refractivity contribution in [3.63, 3.8) is 0 Å². The number of hydrogen-bond donors (Lipinski definition) is 0. The number of anilines is 1. The van der Waals surface area contributed by atoms with E-state index in [-0.39, 0.29) is 0 Å². The number of thiophene rings is 1. The third-order valence-electron chi connectivity index (χ3n) is 2.06. The highest BCUT2D eigenvalue weighted by Gasteiger charge is 2.16. The van der Waals surface area contributed by atoms with Crippen molar-refractivity contribution in [1.29, 1.82) is 0 Å². The lowest BCUT2D eigenvalue weighted by Gasteiger charge is -2.31. The van der Waals surface area contributed by atoms with Crippen molar-refractivity contribution in [3.05, 3.63) is 17.5 Å². The monoisotopic (exact) mass is 183 g/mol. The smallest absolute Gasteiger partial charge is 0.0910 e. The average Bonchev–Trinajstić information content (AvgIpc) is 2.56. The molecule has 2 rings (SSSR count). The number of hydrogen-bond acceptors (Lipinski definition) is 3. The molecule has 1 aliphatic rings. The third kappa shape index (κ3) is 1.62. The van der Waals surface area contributed by atoms with Gasteiger partial charge in [-0.15, -0.1) is 11.3 Å². The average molecular weight is 183 g/mol. The van der Waals surface area contributed by atoms with E-state index in [1.165, 1.54) is 5.00 Å². The molecule has 0 radical (unpaired) electrons. The minimum Gasteiger partial charge on any atom is -0.375 e. The van der Waals surface area contributed by atoms with Crippen LogP contribution < -0.4 is 4.90 Å². The summed E-state index contributed by atoms with van der Waals surface area (Å²) in [6.07, 6.45) is 0.376. The predicted octanol–water partition coefficient (Wildman–Crippen LogP) is 1.97. The molecule has 12 heavy (non-hydrogen) atoms. The highest BCUT2D eigenvalue weighted by molar-refractivity contribution is 7.14. The number of morpholine rings is 1. The van der Waals surface area contributed by atoms with Crippen molar-refractivity contribution in [2.75, 3.05) is 24.6 Å². The van der Waals surface area contributed by atoms with Gasteiger partial charge in [0, 0.05) is 13.1 Å². The largest absolute Gasteiger partial charge is 0.375 e. The van der Waals surface area contributed by atoms with E-state index < -0.39 is 0 Å². The zero-order valence-electron chi connectivity index (χ0n) is 7.19. The van der Waals surface area contributed by atoms with E-state index in [1.807, 2.05) is 0 Å². The Morgan fingerprint density at radius 1 is 1.67 bits per heavy atom. The zero-order chi connectivity index (χ0) is 8.39. The van der Waals surface area contributed by atoms with Crippen LogP contribution in [0.2, 0.25) is 0 Å². The lowest BCUT2D eigenvalue weighted by atomic mass is 10.3. The molecule has 66 valence electrons. The molecule has 0 N–H and O–H groups in total. The van der Waals surface area contributed by atoms with E-state index in [0.29, 0.717) is 6.10 Å². The van der Waals surface area contributed by atoms with Gasteiger partial charge in [-0.2, -0.15) is 0 Å². The van der Waals surface area contributed by atoms with Gasteiger partial charge in [0.1, 0.15) is 0 Å². The van der Waals surface area contributed by atoms with Crippen LogP contribution in [0.15, 0.2) is 17.5 Å². The van der Waals surface area contributed by atoms with Gasteiger partial charge in [-0.05, 0) is 24.4 Å². The van der Waals surface area contributed by atoms with Gasteiger partial charge in [0.15, 0.2) is 0 Å². The molecule has 2 heterocycles. The molecular formula is C9H13NOS. The summed E-state index contributed by atoms with van der Waals surface area (Å²) in [5.41, 5.74) is 0. The van der Waals surface area contributed by atoms with Crippen molar-refractivity contribution >= 4 is 16.3 Å². The molecule has 3 heteroatoms. The zero-order valence-corrected chi connectivity index (χ0v) is 8.01. The summed E-state index contributed by atoms with van der Waals surface area (Å²) in [4.78, 5) is 2.39. The quantitative estimate of drug-likeness (QED) is 0.660. The molecule has 0 amide bonds. The second-order valence-corrected chi connectivity index (χ2v) is 4.00. The summed E-state index contributed by atoms with van der Waals surface area (Å²) >= 11 is 1.80. The number of nitrogens with zero attached hydrogens (tertiary/aromatic N) is 1. The molecule has 1 aromatic heterocycles. The topological polar surface area (TPSA) is 12.5 Å². The molecule has 1 aliphatic heterocycles. The minimum absolute atomic E-state index is 0.376. The summed E-state index contributed by atoms with van der Waals surface area (Å²) in [7, 11) is 0. The van der Waals surface area contributed by atoms with Crippen LogP contribution in [0, 0.1) is 0 Å². The van der Waals surface area contributed by atoms with Crippen molar-refractivity contribution in [2.45, 2.75) is 13.0 Å². The molecular weight excluding hydrogens is 170 g/mol. The third-order valence-corrected chi connectivity index (χ3v) is 2.99. The van der Waals surface area contributed by atoms with Gasteiger partial charge in [-0.25, -0.2) is 0 Å². The van der Waals surface area contributed by atoms with Gasteiger partial charge in [-0.3, -0.25) is 0 Å². The van der Waals surface area contributed by atoms with E-state index >= 15 is 0 Å². The first-order valence-electron chi connectivity index (χ1n) is 4.26. The molecule has 0 bridgehead atoms. The van der Waals surface area contributed by atoms with Gasteiger partial charge in [0.25, 0.3) is 0 Å². The highest BCUT2D eigenvalue weighted by Crippen LogP contribution is 2.22. The van der Waals surface area contributed by atoms with Crippen molar-refractivity contribution in [3.8, 4) is 0 Å². The molecule has 1 aromatic rings. The molecule has 0 aromatic carbocycles. The molecule has 1 fully saturated rings. The van der Waals surface area contributed by atoms with Crippen molar-refractivity contribution < 1.29 is 4.74 Å². The Kier molecular flexibility index (Phi) is 2.33. The Hall–Kier alpha value is -0.540. The van der Waals surface area contributed by atoms with Crippen LogP contribution in [0.3, 0.4) is 0 Å². The first-order valence-corrected chi connectivity index (χ1v) is 5.14. The highest BCUT2D eigenvalue weighted by atomic mass is 32.1. The van der Waals surface area contributed by atoms with Gasteiger partial charge >= 0.3 is 0 Å². The summed E-state index contributed by atoms with van der Waals surface area (Å²) in [5.74, 6) is 0. The Morgan fingerprint density at radius 3 is 3.25 bits per heavy atom. The minimum atomic E-state index is 0.376. The van der Waals surface area contributed by atoms with E-state index in [9.17, 15) is 0 Å². The predicted molar refractivity (Wildman–Crippen MR) is 51.9 cm³/mol. The maximum absolute atomic E-state index is 5.47. The van der Waals surface area contributed by atoms with Crippen LogP contribution in [0.1, 0.15) is 6.92 Å². The standard InChI is InChI=1S/C9H13NOS/c1-8-7-10(4-5-11-8)9-3-2-6-12-9/h2-3,6,8H,4-5,7H2,1H3. The van der Waals surface area contributed by atoms with Crippen molar-refractivity contribution in [1.82, 2.24) is 0 Å². The summed E-state index contributed by atoms with van der Waals surface area (Å²) in [5, 5.41) is 3.49.